The summed E-state index contributed by atoms with van der Waals surface area (Å²) in [5.41, 5.74) is 2.61. The summed E-state index contributed by atoms with van der Waals surface area (Å²) in [4.78, 5) is 35.0. The standard InChI is InChI=1S/C23H23N5O2/c1-3-18(22(29)25-14-16-10-6-4-7-11-16)28-21-19(27(2)23(28)30)15-24-20(26-21)17-12-8-5-9-13-17/h4-13,15,18H,3,14H2,1-2H3,(H,25,29). The number of hydrogen-bond acceptors (Lipinski definition) is 4. The van der Waals surface area contributed by atoms with Crippen LogP contribution in [0.4, 0.5) is 0 Å². The predicted octanol–water partition coefficient (Wildman–Crippen LogP) is 3.06. The molecule has 1 amide bonds. The number of aryl methyl sites for hydroxylation is 1. The molecule has 4 aromatic rings. The van der Waals surface area contributed by atoms with E-state index in [0.29, 0.717) is 30.0 Å². The first-order valence-electron chi connectivity index (χ1n) is 9.91. The van der Waals surface area contributed by atoms with Gasteiger partial charge < -0.3 is 5.32 Å². The minimum Gasteiger partial charge on any atom is -0.350 e. The van der Waals surface area contributed by atoms with Crippen molar-refractivity contribution in [2.45, 2.75) is 25.9 Å². The van der Waals surface area contributed by atoms with Crippen molar-refractivity contribution in [3.8, 4) is 11.4 Å². The zero-order valence-corrected chi connectivity index (χ0v) is 16.9. The summed E-state index contributed by atoms with van der Waals surface area (Å²) in [6.45, 7) is 2.29. The Hall–Kier alpha value is -3.74. The van der Waals surface area contributed by atoms with Crippen LogP contribution >= 0.6 is 0 Å². The highest BCUT2D eigenvalue weighted by molar-refractivity contribution is 5.83. The summed E-state index contributed by atoms with van der Waals surface area (Å²) in [6, 6.07) is 18.6. The van der Waals surface area contributed by atoms with E-state index in [-0.39, 0.29) is 11.6 Å². The van der Waals surface area contributed by atoms with Crippen LogP contribution < -0.4 is 11.0 Å². The molecule has 0 bridgehead atoms. The highest BCUT2D eigenvalue weighted by Crippen LogP contribution is 2.21. The molecule has 2 aromatic heterocycles. The fourth-order valence-corrected chi connectivity index (χ4v) is 3.53. The second-order valence-corrected chi connectivity index (χ2v) is 7.11. The third kappa shape index (κ3) is 3.61. The van der Waals surface area contributed by atoms with E-state index in [9.17, 15) is 9.59 Å². The summed E-state index contributed by atoms with van der Waals surface area (Å²) < 4.78 is 2.96. The molecule has 152 valence electrons. The van der Waals surface area contributed by atoms with Crippen molar-refractivity contribution in [3.05, 3.63) is 82.9 Å². The number of hydrogen-bond donors (Lipinski definition) is 1. The molecule has 4 rings (SSSR count). The molecule has 2 heterocycles. The van der Waals surface area contributed by atoms with Crippen LogP contribution in [0.25, 0.3) is 22.6 Å². The van der Waals surface area contributed by atoms with E-state index < -0.39 is 6.04 Å². The smallest absolute Gasteiger partial charge is 0.330 e. The molecule has 7 nitrogen and oxygen atoms in total. The van der Waals surface area contributed by atoms with Gasteiger partial charge in [-0.2, -0.15) is 0 Å². The maximum atomic E-state index is 13.0. The third-order valence-electron chi connectivity index (χ3n) is 5.18. The third-order valence-corrected chi connectivity index (χ3v) is 5.18. The van der Waals surface area contributed by atoms with Crippen LogP contribution in [-0.4, -0.2) is 25.0 Å². The van der Waals surface area contributed by atoms with Gasteiger partial charge in [0.15, 0.2) is 11.5 Å². The van der Waals surface area contributed by atoms with Crippen LogP contribution in [0.3, 0.4) is 0 Å². The Morgan fingerprint density at radius 3 is 2.40 bits per heavy atom. The first-order chi connectivity index (χ1) is 14.6. The van der Waals surface area contributed by atoms with Crippen LogP contribution in [0, 0.1) is 0 Å². The van der Waals surface area contributed by atoms with Crippen molar-refractivity contribution in [2.24, 2.45) is 7.05 Å². The van der Waals surface area contributed by atoms with Crippen molar-refractivity contribution >= 4 is 17.1 Å². The Labute approximate surface area is 174 Å². The second-order valence-electron chi connectivity index (χ2n) is 7.11. The first kappa shape index (κ1) is 19.6. The first-order valence-corrected chi connectivity index (χ1v) is 9.91. The number of amides is 1. The van der Waals surface area contributed by atoms with Crippen molar-refractivity contribution in [3.63, 3.8) is 0 Å². The zero-order valence-electron chi connectivity index (χ0n) is 16.9. The number of carbonyl (C=O) groups is 1. The van der Waals surface area contributed by atoms with Crippen LogP contribution in [0.15, 0.2) is 71.7 Å². The average Bonchev–Trinajstić information content (AvgIpc) is 3.04. The van der Waals surface area contributed by atoms with Gasteiger partial charge >= 0.3 is 5.69 Å². The molecule has 0 radical (unpaired) electrons. The molecular formula is C23H23N5O2. The molecule has 30 heavy (non-hydrogen) atoms. The van der Waals surface area contributed by atoms with E-state index in [2.05, 4.69) is 15.3 Å². The van der Waals surface area contributed by atoms with Crippen molar-refractivity contribution in [1.82, 2.24) is 24.4 Å². The molecule has 2 aromatic carbocycles. The molecule has 1 unspecified atom stereocenters. The molecule has 1 atom stereocenters. The minimum absolute atomic E-state index is 0.212. The van der Waals surface area contributed by atoms with Gasteiger partial charge in [-0.15, -0.1) is 0 Å². The number of aromatic nitrogens is 4. The minimum atomic E-state index is -0.663. The Bertz CT molecular complexity index is 1230. The molecule has 0 spiro atoms. The number of benzene rings is 2. The monoisotopic (exact) mass is 401 g/mol. The Kier molecular flexibility index (Phi) is 5.43. The maximum Gasteiger partial charge on any atom is 0.330 e. The fourth-order valence-electron chi connectivity index (χ4n) is 3.53. The molecule has 0 aliphatic carbocycles. The predicted molar refractivity (Wildman–Crippen MR) is 116 cm³/mol. The molecule has 1 N–H and O–H groups in total. The largest absolute Gasteiger partial charge is 0.350 e. The Morgan fingerprint density at radius 2 is 1.73 bits per heavy atom. The van der Waals surface area contributed by atoms with Gasteiger partial charge in [0, 0.05) is 19.2 Å². The van der Waals surface area contributed by atoms with Crippen LogP contribution in [0.2, 0.25) is 0 Å². The SMILES string of the molecule is CCC(C(=O)NCc1ccccc1)n1c(=O)n(C)c2cnc(-c3ccccc3)nc21. The van der Waals surface area contributed by atoms with E-state index >= 15 is 0 Å². The lowest BCUT2D eigenvalue weighted by atomic mass is 10.2. The molecule has 0 aliphatic rings. The lowest BCUT2D eigenvalue weighted by Gasteiger charge is -2.16. The van der Waals surface area contributed by atoms with E-state index in [1.165, 1.54) is 9.13 Å². The van der Waals surface area contributed by atoms with Gasteiger partial charge in [0.2, 0.25) is 5.91 Å². The summed E-state index contributed by atoms with van der Waals surface area (Å²) in [5, 5.41) is 2.94. The number of imidazole rings is 1. The van der Waals surface area contributed by atoms with E-state index in [1.807, 2.05) is 67.6 Å². The number of carbonyl (C=O) groups excluding carboxylic acids is 1. The number of fused-ring (bicyclic) bond motifs is 1. The Morgan fingerprint density at radius 1 is 1.07 bits per heavy atom. The lowest BCUT2D eigenvalue weighted by Crippen LogP contribution is -2.37. The zero-order chi connectivity index (χ0) is 21.1. The topological polar surface area (TPSA) is 81.8 Å². The molecule has 0 saturated heterocycles. The van der Waals surface area contributed by atoms with Gasteiger partial charge in [0.1, 0.15) is 11.6 Å². The van der Waals surface area contributed by atoms with Gasteiger partial charge in [-0.1, -0.05) is 67.6 Å². The highest BCUT2D eigenvalue weighted by Gasteiger charge is 2.25. The summed E-state index contributed by atoms with van der Waals surface area (Å²) in [6.07, 6.45) is 2.10. The van der Waals surface area contributed by atoms with Crippen LogP contribution in [0.1, 0.15) is 24.9 Å². The molecule has 0 fully saturated rings. The molecule has 0 aliphatic heterocycles. The van der Waals surface area contributed by atoms with Gasteiger partial charge in [0.25, 0.3) is 0 Å². The second kappa shape index (κ2) is 8.32. The van der Waals surface area contributed by atoms with Gasteiger partial charge in [-0.3, -0.25) is 13.9 Å². The highest BCUT2D eigenvalue weighted by atomic mass is 16.2. The van der Waals surface area contributed by atoms with Crippen molar-refractivity contribution in [1.29, 1.82) is 0 Å². The van der Waals surface area contributed by atoms with Gasteiger partial charge in [-0.25, -0.2) is 14.8 Å². The molecule has 0 saturated carbocycles. The number of rotatable bonds is 6. The van der Waals surface area contributed by atoms with Crippen LogP contribution in [-0.2, 0) is 18.4 Å². The summed E-state index contributed by atoms with van der Waals surface area (Å²) in [5.74, 6) is 0.304. The maximum absolute atomic E-state index is 13.0. The number of nitrogens with one attached hydrogen (secondary N) is 1. The Balaban J connectivity index is 1.72. The van der Waals surface area contributed by atoms with E-state index in [1.54, 1.807) is 13.2 Å². The average molecular weight is 401 g/mol. The number of nitrogens with zero attached hydrogens (tertiary/aromatic N) is 4. The van der Waals surface area contributed by atoms with E-state index in [4.69, 9.17) is 0 Å². The van der Waals surface area contributed by atoms with E-state index in [0.717, 1.165) is 11.1 Å². The quantitative estimate of drug-likeness (QED) is 0.538. The van der Waals surface area contributed by atoms with Crippen molar-refractivity contribution in [2.75, 3.05) is 0 Å². The molecule has 7 heteroatoms. The molecular weight excluding hydrogens is 378 g/mol. The summed E-state index contributed by atoms with van der Waals surface area (Å²) >= 11 is 0. The van der Waals surface area contributed by atoms with Gasteiger partial charge in [0.05, 0.1) is 6.20 Å². The normalized spacial score (nSPS) is 12.1. The summed E-state index contributed by atoms with van der Waals surface area (Å²) in [7, 11) is 1.67. The fraction of sp³-hybridized carbons (Fsp3) is 0.217. The van der Waals surface area contributed by atoms with Gasteiger partial charge in [-0.05, 0) is 12.0 Å². The van der Waals surface area contributed by atoms with Crippen LogP contribution in [0.5, 0.6) is 0 Å². The van der Waals surface area contributed by atoms with Crippen molar-refractivity contribution < 1.29 is 4.79 Å². The lowest BCUT2D eigenvalue weighted by molar-refractivity contribution is -0.124.